The summed E-state index contributed by atoms with van der Waals surface area (Å²) in [6, 6.07) is 0.808. The van der Waals surface area contributed by atoms with Gasteiger partial charge in [0.1, 0.15) is 0 Å². The molecule has 1 saturated carbocycles. The predicted molar refractivity (Wildman–Crippen MR) is 76.5 cm³/mol. The van der Waals surface area contributed by atoms with Crippen LogP contribution in [-0.2, 0) is 4.79 Å². The first kappa shape index (κ1) is 15.5. The Bertz CT molecular complexity index is 245. The second-order valence-electron chi connectivity index (χ2n) is 6.11. The van der Waals surface area contributed by atoms with E-state index in [9.17, 15) is 4.79 Å². The molecule has 1 fully saturated rings. The van der Waals surface area contributed by atoms with Crippen molar-refractivity contribution in [2.24, 2.45) is 11.8 Å². The number of nitrogens with one attached hydrogen (secondary N) is 2. The maximum absolute atomic E-state index is 11.7. The molecule has 1 aliphatic carbocycles. The van der Waals surface area contributed by atoms with E-state index in [4.69, 9.17) is 0 Å². The molecule has 0 spiro atoms. The molecule has 106 valence electrons. The summed E-state index contributed by atoms with van der Waals surface area (Å²) in [7, 11) is 0. The lowest BCUT2D eigenvalue weighted by Crippen LogP contribution is -2.44. The normalized spacial score (nSPS) is 26.1. The van der Waals surface area contributed by atoms with E-state index in [2.05, 4.69) is 38.3 Å². The maximum atomic E-state index is 11.7. The number of hydrogen-bond donors (Lipinski definition) is 2. The van der Waals surface area contributed by atoms with E-state index in [0.717, 1.165) is 5.92 Å². The molecule has 3 heteroatoms. The van der Waals surface area contributed by atoms with Crippen LogP contribution in [0.15, 0.2) is 0 Å². The van der Waals surface area contributed by atoms with Crippen LogP contribution in [0.3, 0.4) is 0 Å². The van der Waals surface area contributed by atoms with Gasteiger partial charge in [-0.1, -0.05) is 27.2 Å². The lowest BCUT2D eigenvalue weighted by atomic mass is 9.84. The molecule has 18 heavy (non-hydrogen) atoms. The van der Waals surface area contributed by atoms with Crippen molar-refractivity contribution in [3.8, 4) is 0 Å². The fraction of sp³-hybridized carbons (Fsp3) is 0.933. The lowest BCUT2D eigenvalue weighted by molar-refractivity contribution is -0.121. The Morgan fingerprint density at radius 3 is 2.28 bits per heavy atom. The molecule has 1 amide bonds. The SMILES string of the molecule is CCC1CCC(NCC(=O)NC(C)C(C)C)CC1. The van der Waals surface area contributed by atoms with E-state index in [1.807, 2.05) is 0 Å². The molecule has 0 bridgehead atoms. The van der Waals surface area contributed by atoms with Crippen molar-refractivity contribution in [2.75, 3.05) is 6.54 Å². The quantitative estimate of drug-likeness (QED) is 0.765. The van der Waals surface area contributed by atoms with Gasteiger partial charge in [0.25, 0.3) is 0 Å². The van der Waals surface area contributed by atoms with Crippen molar-refractivity contribution in [3.05, 3.63) is 0 Å². The minimum Gasteiger partial charge on any atom is -0.352 e. The molecular weight excluding hydrogens is 224 g/mol. The highest BCUT2D eigenvalue weighted by molar-refractivity contribution is 5.78. The molecule has 1 atom stereocenters. The van der Waals surface area contributed by atoms with E-state index in [0.29, 0.717) is 18.5 Å². The fourth-order valence-corrected chi connectivity index (χ4v) is 2.48. The van der Waals surface area contributed by atoms with Gasteiger partial charge in [-0.3, -0.25) is 4.79 Å². The molecule has 1 unspecified atom stereocenters. The van der Waals surface area contributed by atoms with Gasteiger partial charge in [-0.25, -0.2) is 0 Å². The summed E-state index contributed by atoms with van der Waals surface area (Å²) in [4.78, 5) is 11.7. The van der Waals surface area contributed by atoms with Gasteiger partial charge in [0.2, 0.25) is 5.91 Å². The molecule has 0 aromatic heterocycles. The highest BCUT2D eigenvalue weighted by atomic mass is 16.1. The summed E-state index contributed by atoms with van der Waals surface area (Å²) < 4.78 is 0. The van der Waals surface area contributed by atoms with E-state index in [-0.39, 0.29) is 11.9 Å². The standard InChI is InChI=1S/C15H30N2O/c1-5-13-6-8-14(9-7-13)16-10-15(18)17-12(4)11(2)3/h11-14,16H,5-10H2,1-4H3,(H,17,18). The Kier molecular flexibility index (Phi) is 6.69. The van der Waals surface area contributed by atoms with E-state index in [1.165, 1.54) is 32.1 Å². The Hall–Kier alpha value is -0.570. The van der Waals surface area contributed by atoms with Crippen LogP contribution >= 0.6 is 0 Å². The average molecular weight is 254 g/mol. The highest BCUT2D eigenvalue weighted by Gasteiger charge is 2.20. The van der Waals surface area contributed by atoms with Gasteiger partial charge in [0.05, 0.1) is 6.54 Å². The molecule has 0 radical (unpaired) electrons. The summed E-state index contributed by atoms with van der Waals surface area (Å²) in [5, 5.41) is 6.44. The van der Waals surface area contributed by atoms with Crippen molar-refractivity contribution >= 4 is 5.91 Å². The van der Waals surface area contributed by atoms with Crippen LogP contribution in [0.1, 0.15) is 59.8 Å². The number of carbonyl (C=O) groups excluding carboxylic acids is 1. The smallest absolute Gasteiger partial charge is 0.234 e. The first-order valence-corrected chi connectivity index (χ1v) is 7.55. The number of carbonyl (C=O) groups is 1. The highest BCUT2D eigenvalue weighted by Crippen LogP contribution is 2.26. The van der Waals surface area contributed by atoms with Crippen LogP contribution < -0.4 is 10.6 Å². The first-order valence-electron chi connectivity index (χ1n) is 7.55. The molecule has 3 nitrogen and oxygen atoms in total. The minimum absolute atomic E-state index is 0.133. The molecule has 0 saturated heterocycles. The van der Waals surface area contributed by atoms with Crippen molar-refractivity contribution in [1.82, 2.24) is 10.6 Å². The Labute approximate surface area is 112 Å². The molecule has 0 aromatic rings. The van der Waals surface area contributed by atoms with Crippen LogP contribution in [-0.4, -0.2) is 24.5 Å². The van der Waals surface area contributed by atoms with Crippen LogP contribution in [0.5, 0.6) is 0 Å². The summed E-state index contributed by atoms with van der Waals surface area (Å²) in [6.45, 7) is 9.07. The monoisotopic (exact) mass is 254 g/mol. The van der Waals surface area contributed by atoms with Crippen molar-refractivity contribution in [1.29, 1.82) is 0 Å². The Balaban J connectivity index is 2.15. The molecule has 0 heterocycles. The number of hydrogen-bond acceptors (Lipinski definition) is 2. The predicted octanol–water partition coefficient (Wildman–Crippen LogP) is 2.71. The summed E-state index contributed by atoms with van der Waals surface area (Å²) >= 11 is 0. The topological polar surface area (TPSA) is 41.1 Å². The molecule has 0 aromatic carbocycles. The van der Waals surface area contributed by atoms with E-state index >= 15 is 0 Å². The molecule has 1 aliphatic rings. The first-order chi connectivity index (χ1) is 8.52. The second kappa shape index (κ2) is 7.78. The largest absolute Gasteiger partial charge is 0.352 e. The fourth-order valence-electron chi connectivity index (χ4n) is 2.48. The van der Waals surface area contributed by atoms with Crippen LogP contribution in [0, 0.1) is 11.8 Å². The zero-order valence-corrected chi connectivity index (χ0v) is 12.5. The lowest BCUT2D eigenvalue weighted by Gasteiger charge is -2.28. The Morgan fingerprint density at radius 1 is 1.17 bits per heavy atom. The average Bonchev–Trinajstić information content (AvgIpc) is 2.36. The summed E-state index contributed by atoms with van der Waals surface area (Å²) in [5.74, 6) is 1.54. The zero-order chi connectivity index (χ0) is 13.5. The van der Waals surface area contributed by atoms with Gasteiger partial charge in [0.15, 0.2) is 0 Å². The van der Waals surface area contributed by atoms with Crippen LogP contribution in [0.25, 0.3) is 0 Å². The van der Waals surface area contributed by atoms with Gasteiger partial charge >= 0.3 is 0 Å². The van der Waals surface area contributed by atoms with Gasteiger partial charge in [0, 0.05) is 12.1 Å². The third-order valence-electron chi connectivity index (χ3n) is 4.36. The third-order valence-corrected chi connectivity index (χ3v) is 4.36. The van der Waals surface area contributed by atoms with Crippen molar-refractivity contribution < 1.29 is 4.79 Å². The zero-order valence-electron chi connectivity index (χ0n) is 12.5. The Morgan fingerprint density at radius 2 is 1.78 bits per heavy atom. The minimum atomic E-state index is 0.133. The summed E-state index contributed by atoms with van der Waals surface area (Å²) in [5.41, 5.74) is 0. The third kappa shape index (κ3) is 5.38. The maximum Gasteiger partial charge on any atom is 0.234 e. The number of rotatable bonds is 6. The van der Waals surface area contributed by atoms with Gasteiger partial charge in [-0.05, 0) is 44.4 Å². The van der Waals surface area contributed by atoms with Crippen LogP contribution in [0.4, 0.5) is 0 Å². The summed E-state index contributed by atoms with van der Waals surface area (Å²) in [6.07, 6.45) is 6.40. The van der Waals surface area contributed by atoms with Crippen LogP contribution in [0.2, 0.25) is 0 Å². The molecule has 1 rings (SSSR count). The molecular formula is C15H30N2O. The van der Waals surface area contributed by atoms with Crippen molar-refractivity contribution in [2.45, 2.75) is 71.9 Å². The van der Waals surface area contributed by atoms with Gasteiger partial charge in [-0.15, -0.1) is 0 Å². The van der Waals surface area contributed by atoms with Gasteiger partial charge in [-0.2, -0.15) is 0 Å². The van der Waals surface area contributed by atoms with E-state index in [1.54, 1.807) is 0 Å². The van der Waals surface area contributed by atoms with E-state index < -0.39 is 0 Å². The van der Waals surface area contributed by atoms with Crippen molar-refractivity contribution in [3.63, 3.8) is 0 Å². The molecule has 2 N–H and O–H groups in total. The second-order valence-corrected chi connectivity index (χ2v) is 6.11. The van der Waals surface area contributed by atoms with Gasteiger partial charge < -0.3 is 10.6 Å². The number of amides is 1. The molecule has 0 aliphatic heterocycles.